The van der Waals surface area contributed by atoms with Crippen molar-refractivity contribution < 1.29 is 0 Å². The van der Waals surface area contributed by atoms with E-state index >= 15 is 0 Å². The fraction of sp³-hybridized carbons (Fsp3) is 0. The van der Waals surface area contributed by atoms with Gasteiger partial charge < -0.3 is 9.97 Å². The largest absolute Gasteiger partial charge is 0.354 e. The summed E-state index contributed by atoms with van der Waals surface area (Å²) in [5, 5.41) is 0. The minimum atomic E-state index is 0.787. The van der Waals surface area contributed by atoms with Gasteiger partial charge in [-0.2, -0.15) is 0 Å². The van der Waals surface area contributed by atoms with Crippen molar-refractivity contribution in [3.8, 4) is 44.5 Å². The minimum Gasteiger partial charge on any atom is -0.354 e. The second-order valence-corrected chi connectivity index (χ2v) is 15.7. The molecular formula is C40H22Br4N8. The first-order valence-electron chi connectivity index (χ1n) is 16.0. The van der Waals surface area contributed by atoms with Crippen LogP contribution in [0.5, 0.6) is 0 Å². The molecule has 7 aromatic heterocycles. The van der Waals surface area contributed by atoms with Crippen molar-refractivity contribution in [3.63, 3.8) is 0 Å². The number of hydrogen-bond donors (Lipinski definition) is 2. The second-order valence-electron chi connectivity index (χ2n) is 12.1. The van der Waals surface area contributed by atoms with Crippen LogP contribution in [0.3, 0.4) is 0 Å². The Morgan fingerprint density at radius 2 is 0.596 bits per heavy atom. The third-order valence-corrected chi connectivity index (χ3v) is 10.5. The van der Waals surface area contributed by atoms with Crippen LogP contribution in [0, 0.1) is 0 Å². The summed E-state index contributed by atoms with van der Waals surface area (Å²) in [6.45, 7) is 0. The zero-order chi connectivity index (χ0) is 35.3. The Kier molecular flexibility index (Phi) is 8.62. The summed E-state index contributed by atoms with van der Waals surface area (Å²) in [6.07, 6.45) is 22.7. The van der Waals surface area contributed by atoms with Crippen LogP contribution in [0.15, 0.2) is 116 Å². The molecule has 7 aromatic rings. The molecule has 9 rings (SSSR count). The lowest BCUT2D eigenvalue weighted by molar-refractivity contribution is 1.27. The highest BCUT2D eigenvalue weighted by Gasteiger charge is 2.20. The maximum atomic E-state index is 5.31. The lowest BCUT2D eigenvalue weighted by atomic mass is 10.1. The van der Waals surface area contributed by atoms with Gasteiger partial charge >= 0.3 is 0 Å². The molecular weight excluding hydrogens is 912 g/mol. The Balaban J connectivity index is 1.49. The topological polar surface area (TPSA) is 109 Å². The Bertz CT molecular complexity index is 2450. The van der Waals surface area contributed by atoms with E-state index in [0.29, 0.717) is 0 Å². The number of pyridine rings is 4. The first-order valence-corrected chi connectivity index (χ1v) is 19.1. The quantitative estimate of drug-likeness (QED) is 0.182. The van der Waals surface area contributed by atoms with E-state index in [0.717, 1.165) is 107 Å². The molecule has 0 atom stereocenters. The molecule has 8 nitrogen and oxygen atoms in total. The van der Waals surface area contributed by atoms with Gasteiger partial charge in [0.2, 0.25) is 0 Å². The summed E-state index contributed by atoms with van der Waals surface area (Å²) in [5.41, 5.74) is 13.9. The average molecular weight is 934 g/mol. The molecule has 0 amide bonds. The van der Waals surface area contributed by atoms with Gasteiger partial charge in [-0.05, 0) is 137 Å². The van der Waals surface area contributed by atoms with Crippen LogP contribution in [0.1, 0.15) is 22.8 Å². The van der Waals surface area contributed by atoms with Gasteiger partial charge in [0, 0.05) is 134 Å². The predicted octanol–water partition coefficient (Wildman–Crippen LogP) is 12.0. The number of nitrogens with zero attached hydrogens (tertiary/aromatic N) is 6. The van der Waals surface area contributed by atoms with Crippen molar-refractivity contribution in [2.45, 2.75) is 0 Å². The standard InChI is InChI=1S/C40H22Br4N8/c41-25-9-21(13-45-17-25)37-29-1-2-30(49-29)38(22-10-26(42)18-46-14-22)32-5-6-34(51-32)40(24-12-28(44)20-48-16-24)36-8-7-35(52-36)39(33-4-3-31(37)50-33)23-11-27(43)19-47-15-23/h1-20,49,52H. The van der Waals surface area contributed by atoms with Gasteiger partial charge in [0.1, 0.15) is 0 Å². The SMILES string of the molecule is Brc1cncc(-c2c3nc(c(-c4cncc(Br)c4)c4ccc([nH]4)c(-c4cncc(Br)c4)c4nc(c(-c5cncc(Br)c5)c5ccc2[nH]5)C=C4)C=C3)c1. The van der Waals surface area contributed by atoms with Crippen LogP contribution in [0.4, 0.5) is 0 Å². The van der Waals surface area contributed by atoms with Crippen molar-refractivity contribution in [1.29, 1.82) is 0 Å². The molecule has 52 heavy (non-hydrogen) atoms. The maximum Gasteiger partial charge on any atom is 0.0737 e. The summed E-state index contributed by atoms with van der Waals surface area (Å²) in [4.78, 5) is 36.2. The first-order chi connectivity index (χ1) is 25.4. The summed E-state index contributed by atoms with van der Waals surface area (Å²) in [6, 6.07) is 16.5. The number of hydrogen-bond acceptors (Lipinski definition) is 6. The zero-order valence-electron chi connectivity index (χ0n) is 26.7. The van der Waals surface area contributed by atoms with Crippen LogP contribution in [-0.4, -0.2) is 39.9 Å². The van der Waals surface area contributed by atoms with Gasteiger partial charge in [0.05, 0.1) is 22.8 Å². The van der Waals surface area contributed by atoms with E-state index in [4.69, 9.17) is 9.97 Å². The fourth-order valence-electron chi connectivity index (χ4n) is 6.61. The average Bonchev–Trinajstić information content (AvgIpc) is 3.96. The molecule has 8 bridgehead atoms. The van der Waals surface area contributed by atoms with Gasteiger partial charge in [-0.3, -0.25) is 19.9 Å². The van der Waals surface area contributed by atoms with Crippen LogP contribution in [0.2, 0.25) is 0 Å². The van der Waals surface area contributed by atoms with Crippen molar-refractivity contribution in [3.05, 3.63) is 139 Å². The highest BCUT2D eigenvalue weighted by molar-refractivity contribution is 9.11. The van der Waals surface area contributed by atoms with E-state index in [9.17, 15) is 0 Å². The van der Waals surface area contributed by atoms with Gasteiger partial charge in [0.15, 0.2) is 0 Å². The number of halogens is 4. The van der Waals surface area contributed by atoms with Gasteiger partial charge in [-0.1, -0.05) is 0 Å². The number of rotatable bonds is 4. The van der Waals surface area contributed by atoms with E-state index < -0.39 is 0 Å². The molecule has 0 unspecified atom stereocenters. The minimum absolute atomic E-state index is 0.787. The third kappa shape index (κ3) is 6.19. The molecule has 0 aromatic carbocycles. The molecule has 2 aliphatic heterocycles. The molecule has 9 heterocycles. The van der Waals surface area contributed by atoms with E-state index in [2.05, 4.69) is 166 Å². The van der Waals surface area contributed by atoms with E-state index in [1.807, 2.05) is 24.8 Å². The zero-order valence-corrected chi connectivity index (χ0v) is 33.1. The molecule has 0 saturated heterocycles. The Labute approximate surface area is 330 Å². The summed E-state index contributed by atoms with van der Waals surface area (Å²) in [5.74, 6) is 0. The van der Waals surface area contributed by atoms with Crippen LogP contribution in [0.25, 0.3) is 90.9 Å². The lowest BCUT2D eigenvalue weighted by Crippen LogP contribution is -1.91. The monoisotopic (exact) mass is 930 g/mol. The van der Waals surface area contributed by atoms with Crippen LogP contribution < -0.4 is 0 Å². The van der Waals surface area contributed by atoms with Crippen LogP contribution >= 0.6 is 63.7 Å². The number of aromatic amines is 2. The fourth-order valence-corrected chi connectivity index (χ4v) is 8.07. The summed E-state index contributed by atoms with van der Waals surface area (Å²) >= 11 is 14.6. The van der Waals surface area contributed by atoms with Crippen LogP contribution in [-0.2, 0) is 0 Å². The normalized spacial score (nSPS) is 12.1. The molecule has 0 aliphatic carbocycles. The number of nitrogens with one attached hydrogen (secondary N) is 2. The van der Waals surface area contributed by atoms with Gasteiger partial charge in [-0.25, -0.2) is 9.97 Å². The van der Waals surface area contributed by atoms with E-state index in [1.165, 1.54) is 0 Å². The number of H-pyrrole nitrogens is 2. The number of fused-ring (bicyclic) bond motifs is 8. The van der Waals surface area contributed by atoms with E-state index in [-0.39, 0.29) is 0 Å². The molecule has 0 spiro atoms. The molecule has 2 aliphatic rings. The molecule has 250 valence electrons. The molecule has 0 fully saturated rings. The summed E-state index contributed by atoms with van der Waals surface area (Å²) < 4.78 is 3.46. The number of aromatic nitrogens is 8. The lowest BCUT2D eigenvalue weighted by Gasteiger charge is -2.07. The van der Waals surface area contributed by atoms with Gasteiger partial charge in [-0.15, -0.1) is 0 Å². The molecule has 0 saturated carbocycles. The Hall–Kier alpha value is -4.88. The summed E-state index contributed by atoms with van der Waals surface area (Å²) in [7, 11) is 0. The first kappa shape index (κ1) is 33.0. The predicted molar refractivity (Wildman–Crippen MR) is 223 cm³/mol. The van der Waals surface area contributed by atoms with Gasteiger partial charge in [0.25, 0.3) is 0 Å². The van der Waals surface area contributed by atoms with Crippen molar-refractivity contribution in [1.82, 2.24) is 39.9 Å². The molecule has 2 N–H and O–H groups in total. The Morgan fingerprint density at radius 3 is 0.827 bits per heavy atom. The highest BCUT2D eigenvalue weighted by atomic mass is 79.9. The third-order valence-electron chi connectivity index (χ3n) is 8.73. The van der Waals surface area contributed by atoms with Crippen molar-refractivity contribution >= 4 is 110 Å². The highest BCUT2D eigenvalue weighted by Crippen LogP contribution is 2.39. The van der Waals surface area contributed by atoms with E-state index in [1.54, 1.807) is 24.8 Å². The van der Waals surface area contributed by atoms with Crippen molar-refractivity contribution in [2.24, 2.45) is 0 Å². The smallest absolute Gasteiger partial charge is 0.0737 e. The molecule has 12 heteroatoms. The second kappa shape index (κ2) is 13.6. The van der Waals surface area contributed by atoms with Crippen molar-refractivity contribution in [2.75, 3.05) is 0 Å². The Morgan fingerprint density at radius 1 is 0.346 bits per heavy atom. The maximum absolute atomic E-state index is 5.31. The molecule has 0 radical (unpaired) electrons.